The van der Waals surface area contributed by atoms with Crippen molar-refractivity contribution < 1.29 is 22.6 Å². The van der Waals surface area contributed by atoms with Crippen LogP contribution in [0.3, 0.4) is 0 Å². The Labute approximate surface area is 128 Å². The van der Waals surface area contributed by atoms with Gasteiger partial charge in [-0.1, -0.05) is 0 Å². The van der Waals surface area contributed by atoms with Crippen molar-refractivity contribution in [1.82, 2.24) is 4.90 Å². The van der Waals surface area contributed by atoms with Gasteiger partial charge in [-0.25, -0.2) is 8.78 Å². The maximum Gasteiger partial charge on any atom is 0.235 e. The molecule has 0 bridgehead atoms. The lowest BCUT2D eigenvalue weighted by Gasteiger charge is -2.31. The minimum atomic E-state index is -1.77. The van der Waals surface area contributed by atoms with Gasteiger partial charge in [0.05, 0.1) is 16.7 Å². The fraction of sp³-hybridized carbons (Fsp3) is 0.429. The summed E-state index contributed by atoms with van der Waals surface area (Å²) < 4.78 is 38.0. The summed E-state index contributed by atoms with van der Waals surface area (Å²) in [6.45, 7) is 0.681. The van der Waals surface area contributed by atoms with Crippen molar-refractivity contribution in [2.45, 2.75) is 17.7 Å². The highest BCUT2D eigenvalue weighted by molar-refractivity contribution is 7.85. The van der Waals surface area contributed by atoms with Gasteiger partial charge in [0.25, 0.3) is 0 Å². The molecule has 2 rings (SSSR count). The Kier molecular flexibility index (Phi) is 5.23. The number of hydrogen-bond donors (Lipinski definition) is 1. The summed E-state index contributed by atoms with van der Waals surface area (Å²) in [5, 5.41) is 0. The molecule has 0 aromatic heterocycles. The molecule has 1 fully saturated rings. The van der Waals surface area contributed by atoms with E-state index >= 15 is 0 Å². The van der Waals surface area contributed by atoms with E-state index in [0.29, 0.717) is 19.4 Å². The molecule has 0 unspecified atom stereocenters. The highest BCUT2D eigenvalue weighted by atomic mass is 32.2. The number of halogens is 2. The molecule has 1 aromatic carbocycles. The van der Waals surface area contributed by atoms with Gasteiger partial charge in [0.15, 0.2) is 11.6 Å². The molecule has 0 radical (unpaired) electrons. The lowest BCUT2D eigenvalue weighted by molar-refractivity contribution is -0.132. The van der Waals surface area contributed by atoms with Gasteiger partial charge in [-0.05, 0) is 31.0 Å². The van der Waals surface area contributed by atoms with Gasteiger partial charge in [-0.2, -0.15) is 0 Å². The second kappa shape index (κ2) is 6.95. The van der Waals surface area contributed by atoms with Crippen molar-refractivity contribution >= 4 is 22.6 Å². The number of carbonyl (C=O) groups is 2. The number of carbonyl (C=O) groups excluding carboxylic acids is 2. The fourth-order valence-corrected chi connectivity index (χ4v) is 3.37. The van der Waals surface area contributed by atoms with Crippen molar-refractivity contribution in [3.63, 3.8) is 0 Å². The third-order valence-electron chi connectivity index (χ3n) is 3.58. The molecule has 1 aromatic rings. The van der Waals surface area contributed by atoms with Crippen LogP contribution in [0.1, 0.15) is 12.8 Å². The third-order valence-corrected chi connectivity index (χ3v) is 4.87. The lowest BCUT2D eigenvalue weighted by atomic mass is 9.97. The highest BCUT2D eigenvalue weighted by Crippen LogP contribution is 2.17. The first-order valence-corrected chi connectivity index (χ1v) is 8.11. The first kappa shape index (κ1) is 16.5. The van der Waals surface area contributed by atoms with Crippen LogP contribution in [0.5, 0.6) is 0 Å². The molecule has 5 nitrogen and oxygen atoms in total. The van der Waals surface area contributed by atoms with Gasteiger partial charge in [0, 0.05) is 18.0 Å². The van der Waals surface area contributed by atoms with E-state index in [2.05, 4.69) is 0 Å². The van der Waals surface area contributed by atoms with Crippen LogP contribution in [0.25, 0.3) is 0 Å². The van der Waals surface area contributed by atoms with Gasteiger partial charge in [0.2, 0.25) is 11.8 Å². The Morgan fingerprint density at radius 3 is 2.68 bits per heavy atom. The number of nitrogens with two attached hydrogens (primary N) is 1. The number of hydrogen-bond acceptors (Lipinski definition) is 3. The predicted molar refractivity (Wildman–Crippen MR) is 76.1 cm³/mol. The largest absolute Gasteiger partial charge is 0.369 e. The number of benzene rings is 1. The summed E-state index contributed by atoms with van der Waals surface area (Å²) in [5.74, 6) is -3.73. The molecule has 0 aliphatic carbocycles. The lowest BCUT2D eigenvalue weighted by Crippen LogP contribution is -2.45. The van der Waals surface area contributed by atoms with Gasteiger partial charge in [0.1, 0.15) is 5.75 Å². The van der Waals surface area contributed by atoms with E-state index in [-0.39, 0.29) is 17.2 Å². The van der Waals surface area contributed by atoms with Gasteiger partial charge in [-0.3, -0.25) is 13.8 Å². The maximum absolute atomic E-state index is 13.1. The van der Waals surface area contributed by atoms with Crippen molar-refractivity contribution in [2.75, 3.05) is 18.8 Å². The van der Waals surface area contributed by atoms with Crippen LogP contribution >= 0.6 is 0 Å². The number of amides is 2. The van der Waals surface area contributed by atoms with Crippen LogP contribution in [-0.2, 0) is 20.4 Å². The van der Waals surface area contributed by atoms with Crippen molar-refractivity contribution in [1.29, 1.82) is 0 Å². The monoisotopic (exact) mass is 330 g/mol. The molecule has 1 heterocycles. The van der Waals surface area contributed by atoms with Crippen LogP contribution in [0.15, 0.2) is 23.1 Å². The van der Waals surface area contributed by atoms with Crippen molar-refractivity contribution in [3.8, 4) is 0 Å². The van der Waals surface area contributed by atoms with E-state index in [1.807, 2.05) is 0 Å². The molecular weight excluding hydrogens is 314 g/mol. The molecule has 1 aliphatic heterocycles. The second-order valence-corrected chi connectivity index (χ2v) is 6.60. The molecule has 2 amide bonds. The molecule has 0 spiro atoms. The zero-order valence-corrected chi connectivity index (χ0v) is 12.6. The first-order valence-electron chi connectivity index (χ1n) is 6.79. The van der Waals surface area contributed by atoms with E-state index in [1.165, 1.54) is 11.0 Å². The van der Waals surface area contributed by atoms with Gasteiger partial charge >= 0.3 is 0 Å². The Balaban J connectivity index is 2.00. The Hall–Kier alpha value is -1.83. The van der Waals surface area contributed by atoms with Crippen LogP contribution < -0.4 is 5.73 Å². The van der Waals surface area contributed by atoms with Crippen LogP contribution in [0.2, 0.25) is 0 Å². The molecule has 0 saturated carbocycles. The van der Waals surface area contributed by atoms with Gasteiger partial charge < -0.3 is 10.6 Å². The zero-order chi connectivity index (χ0) is 16.3. The molecular formula is C14H16F2N2O3S. The summed E-state index contributed by atoms with van der Waals surface area (Å²) in [6, 6.07) is 2.88. The molecule has 1 aliphatic rings. The number of primary amides is 1. The van der Waals surface area contributed by atoms with Gasteiger partial charge in [-0.15, -0.1) is 0 Å². The zero-order valence-electron chi connectivity index (χ0n) is 11.8. The quantitative estimate of drug-likeness (QED) is 0.886. The van der Waals surface area contributed by atoms with Crippen molar-refractivity contribution in [2.24, 2.45) is 11.7 Å². The normalized spacial score (nSPS) is 19.7. The van der Waals surface area contributed by atoms with E-state index in [9.17, 15) is 22.6 Å². The third kappa shape index (κ3) is 3.88. The molecule has 2 N–H and O–H groups in total. The average Bonchev–Trinajstić information content (AvgIpc) is 2.50. The minimum absolute atomic E-state index is 0.0516. The van der Waals surface area contributed by atoms with Crippen LogP contribution in [0, 0.1) is 17.6 Å². The van der Waals surface area contributed by atoms with Crippen LogP contribution in [0.4, 0.5) is 8.78 Å². The highest BCUT2D eigenvalue weighted by Gasteiger charge is 2.27. The average molecular weight is 330 g/mol. The number of likely N-dealkylation sites (tertiary alicyclic amines) is 1. The smallest absolute Gasteiger partial charge is 0.235 e. The number of nitrogens with zero attached hydrogens (tertiary/aromatic N) is 1. The molecule has 22 heavy (non-hydrogen) atoms. The van der Waals surface area contributed by atoms with Crippen LogP contribution in [-0.4, -0.2) is 39.8 Å². The molecule has 2 atom stereocenters. The van der Waals surface area contributed by atoms with E-state index in [1.54, 1.807) is 0 Å². The standard InChI is InChI=1S/C14H16F2N2O3S/c15-11-4-3-10(6-12(11)16)22(21)8-13(19)18-5-1-2-9(7-18)14(17)20/h3-4,6,9H,1-2,5,7-8H2,(H2,17,20)/t9-,22-/m1/s1. The SMILES string of the molecule is NC(=O)[C@@H]1CCCN(C(=O)C[S@@](=O)c2ccc(F)c(F)c2)C1. The summed E-state index contributed by atoms with van der Waals surface area (Å²) in [4.78, 5) is 24.8. The maximum atomic E-state index is 13.1. The minimum Gasteiger partial charge on any atom is -0.369 e. The predicted octanol–water partition coefficient (Wildman–Crippen LogP) is 0.796. The van der Waals surface area contributed by atoms with E-state index in [4.69, 9.17) is 5.73 Å². The fourth-order valence-electron chi connectivity index (χ4n) is 2.34. The topological polar surface area (TPSA) is 80.5 Å². The molecule has 1 saturated heterocycles. The number of rotatable bonds is 4. The second-order valence-electron chi connectivity index (χ2n) is 5.15. The molecule has 120 valence electrons. The van der Waals surface area contributed by atoms with E-state index < -0.39 is 40.2 Å². The summed E-state index contributed by atoms with van der Waals surface area (Å²) in [5.41, 5.74) is 5.24. The van der Waals surface area contributed by atoms with Crippen molar-refractivity contribution in [3.05, 3.63) is 29.8 Å². The summed E-state index contributed by atoms with van der Waals surface area (Å²) in [6.07, 6.45) is 1.28. The first-order chi connectivity index (χ1) is 10.4. The Morgan fingerprint density at radius 1 is 1.32 bits per heavy atom. The number of piperidine rings is 1. The summed E-state index contributed by atoms with van der Waals surface area (Å²) >= 11 is 0. The Bertz CT molecular complexity index is 624. The van der Waals surface area contributed by atoms with E-state index in [0.717, 1.165) is 12.1 Å². The Morgan fingerprint density at radius 2 is 2.05 bits per heavy atom. The summed E-state index contributed by atoms with van der Waals surface area (Å²) in [7, 11) is -1.77. The molecule has 8 heteroatoms.